The Bertz CT molecular complexity index is 625. The molecule has 78 valence electrons. The number of hydrogen-bond donors (Lipinski definition) is 1. The van der Waals surface area contributed by atoms with Crippen LogP contribution in [-0.2, 0) is 0 Å². The monoisotopic (exact) mass is 210 g/mol. The minimum absolute atomic E-state index is 0.744. The van der Waals surface area contributed by atoms with Crippen molar-refractivity contribution in [3.05, 3.63) is 48.5 Å². The number of nitrogen functional groups attached to an aromatic ring is 1. The van der Waals surface area contributed by atoms with Crippen LogP contribution in [0.3, 0.4) is 0 Å². The Morgan fingerprint density at radius 3 is 2.50 bits per heavy atom. The van der Waals surface area contributed by atoms with Gasteiger partial charge in [0.1, 0.15) is 5.52 Å². The molecule has 16 heavy (non-hydrogen) atoms. The average Bonchev–Trinajstić information content (AvgIpc) is 2.74. The molecular formula is C12H10N4. The number of aromatic nitrogens is 3. The maximum atomic E-state index is 5.65. The highest BCUT2D eigenvalue weighted by Gasteiger charge is 2.04. The molecule has 3 rings (SSSR count). The van der Waals surface area contributed by atoms with Gasteiger partial charge in [-0.2, -0.15) is 0 Å². The number of nitrogens with zero attached hydrogens (tertiary/aromatic N) is 3. The van der Waals surface area contributed by atoms with Gasteiger partial charge < -0.3 is 5.73 Å². The van der Waals surface area contributed by atoms with Crippen molar-refractivity contribution in [2.24, 2.45) is 0 Å². The Morgan fingerprint density at radius 1 is 0.938 bits per heavy atom. The zero-order valence-electron chi connectivity index (χ0n) is 8.54. The molecule has 0 aliphatic heterocycles. The van der Waals surface area contributed by atoms with Gasteiger partial charge in [0.05, 0.1) is 11.2 Å². The SMILES string of the molecule is Nc1ccc(-n2nnc3ccccc32)cc1. The Labute approximate surface area is 92.3 Å². The Morgan fingerprint density at radius 2 is 1.69 bits per heavy atom. The third-order valence-electron chi connectivity index (χ3n) is 2.49. The second kappa shape index (κ2) is 3.34. The van der Waals surface area contributed by atoms with E-state index >= 15 is 0 Å². The van der Waals surface area contributed by atoms with E-state index in [1.165, 1.54) is 0 Å². The molecule has 0 unspecified atom stereocenters. The predicted molar refractivity (Wildman–Crippen MR) is 63.3 cm³/mol. The van der Waals surface area contributed by atoms with Crippen molar-refractivity contribution in [3.8, 4) is 5.69 Å². The number of fused-ring (bicyclic) bond motifs is 1. The van der Waals surface area contributed by atoms with Crippen molar-refractivity contribution in [1.29, 1.82) is 0 Å². The van der Waals surface area contributed by atoms with E-state index in [4.69, 9.17) is 5.73 Å². The lowest BCUT2D eigenvalue weighted by atomic mass is 10.2. The summed E-state index contributed by atoms with van der Waals surface area (Å²) in [5.74, 6) is 0. The lowest BCUT2D eigenvalue weighted by Gasteiger charge is -2.01. The first kappa shape index (κ1) is 8.91. The van der Waals surface area contributed by atoms with E-state index in [2.05, 4.69) is 10.3 Å². The van der Waals surface area contributed by atoms with Crippen molar-refractivity contribution in [2.75, 3.05) is 5.73 Å². The van der Waals surface area contributed by atoms with Crippen molar-refractivity contribution in [3.63, 3.8) is 0 Å². The molecule has 0 saturated carbocycles. The number of nitrogens with two attached hydrogens (primary N) is 1. The second-order valence-corrected chi connectivity index (χ2v) is 3.58. The molecule has 1 heterocycles. The summed E-state index contributed by atoms with van der Waals surface area (Å²) in [4.78, 5) is 0. The molecule has 0 aliphatic rings. The number of para-hydroxylation sites is 1. The zero-order valence-corrected chi connectivity index (χ0v) is 8.54. The van der Waals surface area contributed by atoms with Crippen LogP contribution in [0.1, 0.15) is 0 Å². The van der Waals surface area contributed by atoms with Gasteiger partial charge in [-0.05, 0) is 36.4 Å². The molecule has 0 atom stereocenters. The molecule has 4 nitrogen and oxygen atoms in total. The third kappa shape index (κ3) is 1.32. The highest BCUT2D eigenvalue weighted by Crippen LogP contribution is 2.16. The van der Waals surface area contributed by atoms with Crippen LogP contribution in [0.5, 0.6) is 0 Å². The van der Waals surface area contributed by atoms with Gasteiger partial charge in [-0.25, -0.2) is 4.68 Å². The molecule has 0 radical (unpaired) electrons. The van der Waals surface area contributed by atoms with E-state index in [0.717, 1.165) is 22.4 Å². The normalized spacial score (nSPS) is 10.8. The van der Waals surface area contributed by atoms with Crippen LogP contribution >= 0.6 is 0 Å². The average molecular weight is 210 g/mol. The van der Waals surface area contributed by atoms with E-state index in [0.29, 0.717) is 0 Å². The van der Waals surface area contributed by atoms with Gasteiger partial charge in [0.15, 0.2) is 0 Å². The summed E-state index contributed by atoms with van der Waals surface area (Å²) in [5.41, 5.74) is 9.23. The van der Waals surface area contributed by atoms with E-state index < -0.39 is 0 Å². The summed E-state index contributed by atoms with van der Waals surface area (Å²) in [6, 6.07) is 15.4. The second-order valence-electron chi connectivity index (χ2n) is 3.58. The number of anilines is 1. The summed E-state index contributed by atoms with van der Waals surface area (Å²) in [7, 11) is 0. The maximum Gasteiger partial charge on any atom is 0.113 e. The van der Waals surface area contributed by atoms with Crippen LogP contribution in [0, 0.1) is 0 Å². The van der Waals surface area contributed by atoms with E-state index in [-0.39, 0.29) is 0 Å². The van der Waals surface area contributed by atoms with E-state index in [1.807, 2.05) is 48.5 Å². The van der Waals surface area contributed by atoms with Crippen LogP contribution in [0.25, 0.3) is 16.7 Å². The summed E-state index contributed by atoms with van der Waals surface area (Å²) < 4.78 is 1.80. The van der Waals surface area contributed by atoms with Gasteiger partial charge in [-0.3, -0.25) is 0 Å². The first-order valence-corrected chi connectivity index (χ1v) is 5.01. The maximum absolute atomic E-state index is 5.65. The Kier molecular flexibility index (Phi) is 1.86. The van der Waals surface area contributed by atoms with Crippen molar-refractivity contribution in [1.82, 2.24) is 15.0 Å². The van der Waals surface area contributed by atoms with Gasteiger partial charge >= 0.3 is 0 Å². The van der Waals surface area contributed by atoms with Crippen molar-refractivity contribution < 1.29 is 0 Å². The molecule has 0 aliphatic carbocycles. The summed E-state index contributed by atoms with van der Waals surface area (Å²) >= 11 is 0. The standard InChI is InChI=1S/C12H10N4/c13-9-5-7-10(8-6-9)16-12-4-2-1-3-11(12)14-15-16/h1-8H,13H2. The van der Waals surface area contributed by atoms with Crippen LogP contribution in [0.4, 0.5) is 5.69 Å². The molecule has 3 aromatic rings. The predicted octanol–water partition coefficient (Wildman–Crippen LogP) is 2.00. The largest absolute Gasteiger partial charge is 0.399 e. The quantitative estimate of drug-likeness (QED) is 0.625. The Hall–Kier alpha value is -2.36. The van der Waals surface area contributed by atoms with Crippen LogP contribution in [-0.4, -0.2) is 15.0 Å². The zero-order chi connectivity index (χ0) is 11.0. The van der Waals surface area contributed by atoms with E-state index in [1.54, 1.807) is 4.68 Å². The van der Waals surface area contributed by atoms with Crippen LogP contribution < -0.4 is 5.73 Å². The fraction of sp³-hybridized carbons (Fsp3) is 0. The van der Waals surface area contributed by atoms with Crippen LogP contribution in [0.2, 0.25) is 0 Å². The highest BCUT2D eigenvalue weighted by atomic mass is 15.4. The highest BCUT2D eigenvalue weighted by molar-refractivity contribution is 5.75. The van der Waals surface area contributed by atoms with Gasteiger partial charge in [-0.1, -0.05) is 17.3 Å². The first-order chi connectivity index (χ1) is 7.84. The lowest BCUT2D eigenvalue weighted by Crippen LogP contribution is -1.96. The third-order valence-corrected chi connectivity index (χ3v) is 2.49. The molecule has 0 amide bonds. The topological polar surface area (TPSA) is 56.7 Å². The van der Waals surface area contributed by atoms with Gasteiger partial charge in [0.25, 0.3) is 0 Å². The smallest absolute Gasteiger partial charge is 0.113 e. The van der Waals surface area contributed by atoms with E-state index in [9.17, 15) is 0 Å². The number of benzene rings is 2. The molecular weight excluding hydrogens is 200 g/mol. The molecule has 2 N–H and O–H groups in total. The molecule has 0 fully saturated rings. The summed E-state index contributed by atoms with van der Waals surface area (Å²) in [6.45, 7) is 0. The molecule has 1 aromatic heterocycles. The fourth-order valence-corrected chi connectivity index (χ4v) is 1.68. The number of rotatable bonds is 1. The van der Waals surface area contributed by atoms with Gasteiger partial charge in [0.2, 0.25) is 0 Å². The minimum atomic E-state index is 0.744. The fourth-order valence-electron chi connectivity index (χ4n) is 1.68. The molecule has 0 bridgehead atoms. The Balaban J connectivity index is 2.22. The van der Waals surface area contributed by atoms with Crippen molar-refractivity contribution in [2.45, 2.75) is 0 Å². The summed E-state index contributed by atoms with van der Waals surface area (Å²) in [6.07, 6.45) is 0. The lowest BCUT2D eigenvalue weighted by molar-refractivity contribution is 0.824. The first-order valence-electron chi connectivity index (χ1n) is 5.01. The summed E-state index contributed by atoms with van der Waals surface area (Å²) in [5, 5.41) is 8.22. The molecule has 0 saturated heterocycles. The number of hydrogen-bond acceptors (Lipinski definition) is 3. The molecule has 2 aromatic carbocycles. The minimum Gasteiger partial charge on any atom is -0.399 e. The van der Waals surface area contributed by atoms with Crippen molar-refractivity contribution >= 4 is 16.7 Å². The van der Waals surface area contributed by atoms with Gasteiger partial charge in [0, 0.05) is 5.69 Å². The van der Waals surface area contributed by atoms with Gasteiger partial charge in [-0.15, -0.1) is 5.10 Å². The molecule has 0 spiro atoms. The van der Waals surface area contributed by atoms with Crippen LogP contribution in [0.15, 0.2) is 48.5 Å². The molecule has 4 heteroatoms.